The highest BCUT2D eigenvalue weighted by Gasteiger charge is 2.14. The van der Waals surface area contributed by atoms with Gasteiger partial charge in [0.2, 0.25) is 0 Å². The zero-order valence-corrected chi connectivity index (χ0v) is 7.84. The van der Waals surface area contributed by atoms with E-state index in [0.717, 1.165) is 5.01 Å². The minimum atomic E-state index is -0.509. The summed E-state index contributed by atoms with van der Waals surface area (Å²) in [5.41, 5.74) is 0. The van der Waals surface area contributed by atoms with Crippen LogP contribution in [0, 0.1) is 11.3 Å². The average molecular weight is 182 g/mol. The average Bonchev–Trinajstić information content (AvgIpc) is 2.51. The van der Waals surface area contributed by atoms with E-state index in [9.17, 15) is 0 Å². The molecule has 3 nitrogen and oxygen atoms in total. The van der Waals surface area contributed by atoms with Crippen LogP contribution < -0.4 is 0 Å². The lowest BCUT2D eigenvalue weighted by Gasteiger charge is -2.10. The van der Waals surface area contributed by atoms with E-state index >= 15 is 0 Å². The summed E-state index contributed by atoms with van der Waals surface area (Å²) in [6.07, 6.45) is 1.22. The van der Waals surface area contributed by atoms with Gasteiger partial charge in [-0.1, -0.05) is 0 Å². The van der Waals surface area contributed by atoms with E-state index < -0.39 is 6.10 Å². The van der Waals surface area contributed by atoms with Crippen molar-refractivity contribution in [3.05, 3.63) is 16.6 Å². The smallest absolute Gasteiger partial charge is 0.195 e. The number of ether oxygens (including phenoxy) is 1. The Hall–Kier alpha value is -0.920. The highest BCUT2D eigenvalue weighted by molar-refractivity contribution is 7.09. The largest absolute Gasteiger partial charge is 0.353 e. The Morgan fingerprint density at radius 3 is 2.83 bits per heavy atom. The zero-order valence-electron chi connectivity index (χ0n) is 7.02. The molecule has 1 rings (SSSR count). The van der Waals surface area contributed by atoms with Gasteiger partial charge in [0.1, 0.15) is 11.1 Å². The van der Waals surface area contributed by atoms with E-state index in [4.69, 9.17) is 10.00 Å². The fourth-order valence-electron chi connectivity index (χ4n) is 0.780. The molecule has 0 radical (unpaired) electrons. The van der Waals surface area contributed by atoms with Gasteiger partial charge in [-0.05, 0) is 13.8 Å². The molecular weight excluding hydrogens is 172 g/mol. The molecule has 64 valence electrons. The number of aromatic nitrogens is 1. The van der Waals surface area contributed by atoms with Gasteiger partial charge >= 0.3 is 0 Å². The second-order valence-electron chi connectivity index (χ2n) is 2.56. The predicted molar refractivity (Wildman–Crippen MR) is 46.7 cm³/mol. The minimum Gasteiger partial charge on any atom is -0.353 e. The van der Waals surface area contributed by atoms with Crippen LogP contribution in [0.25, 0.3) is 0 Å². The van der Waals surface area contributed by atoms with E-state index in [1.54, 1.807) is 6.20 Å². The van der Waals surface area contributed by atoms with E-state index in [1.165, 1.54) is 11.3 Å². The fraction of sp³-hybridized carbons (Fsp3) is 0.500. The number of hydrogen-bond donors (Lipinski definition) is 0. The number of rotatable bonds is 3. The van der Waals surface area contributed by atoms with Crippen molar-refractivity contribution in [1.29, 1.82) is 5.26 Å². The number of thiazole rings is 1. The molecule has 0 spiro atoms. The first-order valence-electron chi connectivity index (χ1n) is 3.68. The lowest BCUT2D eigenvalue weighted by molar-refractivity contribution is 0.0390. The van der Waals surface area contributed by atoms with Gasteiger partial charge in [0.05, 0.1) is 6.10 Å². The summed E-state index contributed by atoms with van der Waals surface area (Å²) in [6.45, 7) is 3.80. The number of hydrogen-bond acceptors (Lipinski definition) is 4. The molecule has 4 heteroatoms. The van der Waals surface area contributed by atoms with Crippen LogP contribution in [0.2, 0.25) is 0 Å². The molecular formula is C8H10N2OS. The first-order chi connectivity index (χ1) is 5.74. The van der Waals surface area contributed by atoms with Crippen molar-refractivity contribution in [1.82, 2.24) is 4.98 Å². The van der Waals surface area contributed by atoms with Gasteiger partial charge in [-0.2, -0.15) is 5.26 Å². The molecule has 1 aromatic rings. The van der Waals surface area contributed by atoms with Crippen molar-refractivity contribution in [2.75, 3.05) is 0 Å². The Kier molecular flexibility index (Phi) is 3.20. The second kappa shape index (κ2) is 4.19. The minimum absolute atomic E-state index is 0.0542. The van der Waals surface area contributed by atoms with Crippen LogP contribution in [-0.2, 0) is 4.74 Å². The molecule has 12 heavy (non-hydrogen) atoms. The van der Waals surface area contributed by atoms with E-state index in [1.807, 2.05) is 19.2 Å². The normalized spacial score (nSPS) is 12.8. The molecule has 0 aromatic carbocycles. The molecule has 0 fully saturated rings. The highest BCUT2D eigenvalue weighted by atomic mass is 32.1. The third kappa shape index (κ3) is 2.29. The molecule has 1 unspecified atom stereocenters. The molecule has 0 aliphatic heterocycles. The summed E-state index contributed by atoms with van der Waals surface area (Å²) >= 11 is 1.44. The monoisotopic (exact) mass is 182 g/mol. The number of nitrogens with zero attached hydrogens (tertiary/aromatic N) is 2. The van der Waals surface area contributed by atoms with Crippen molar-refractivity contribution in [3.8, 4) is 6.07 Å². The predicted octanol–water partition coefficient (Wildman–Crippen LogP) is 2.13. The van der Waals surface area contributed by atoms with Gasteiger partial charge in [-0.25, -0.2) is 4.98 Å². The summed E-state index contributed by atoms with van der Waals surface area (Å²) in [4.78, 5) is 4.01. The molecule has 0 aliphatic rings. The molecule has 1 atom stereocenters. The molecule has 1 heterocycles. The van der Waals surface area contributed by atoms with Crippen molar-refractivity contribution in [2.24, 2.45) is 0 Å². The van der Waals surface area contributed by atoms with Crippen molar-refractivity contribution in [3.63, 3.8) is 0 Å². The van der Waals surface area contributed by atoms with Crippen molar-refractivity contribution < 1.29 is 4.74 Å². The Balaban J connectivity index is 2.65. The molecule has 0 amide bonds. The molecule has 0 aliphatic carbocycles. The summed E-state index contributed by atoms with van der Waals surface area (Å²) in [5, 5.41) is 11.3. The maximum absolute atomic E-state index is 8.74. The van der Waals surface area contributed by atoms with Crippen molar-refractivity contribution in [2.45, 2.75) is 26.1 Å². The van der Waals surface area contributed by atoms with Crippen LogP contribution in [0.15, 0.2) is 11.6 Å². The van der Waals surface area contributed by atoms with E-state index in [2.05, 4.69) is 11.1 Å². The maximum Gasteiger partial charge on any atom is 0.195 e. The Morgan fingerprint density at radius 1 is 1.67 bits per heavy atom. The summed E-state index contributed by atoms with van der Waals surface area (Å²) < 4.78 is 5.33. The summed E-state index contributed by atoms with van der Waals surface area (Å²) in [6, 6.07) is 2.06. The Bertz CT molecular complexity index is 263. The van der Waals surface area contributed by atoms with Gasteiger partial charge in [0.15, 0.2) is 6.10 Å². The van der Waals surface area contributed by atoms with Gasteiger partial charge < -0.3 is 4.74 Å². The lowest BCUT2D eigenvalue weighted by Crippen LogP contribution is -2.08. The zero-order chi connectivity index (χ0) is 8.97. The van der Waals surface area contributed by atoms with Gasteiger partial charge in [-0.15, -0.1) is 11.3 Å². The van der Waals surface area contributed by atoms with Crippen LogP contribution in [0.3, 0.4) is 0 Å². The molecule has 0 bridgehead atoms. The van der Waals surface area contributed by atoms with Gasteiger partial charge in [0, 0.05) is 11.6 Å². The highest BCUT2D eigenvalue weighted by Crippen LogP contribution is 2.19. The van der Waals surface area contributed by atoms with E-state index in [-0.39, 0.29) is 6.10 Å². The Labute approximate surface area is 75.6 Å². The van der Waals surface area contributed by atoms with Crippen LogP contribution in [0.4, 0.5) is 0 Å². The first-order valence-corrected chi connectivity index (χ1v) is 4.56. The molecule has 0 saturated heterocycles. The second-order valence-corrected chi connectivity index (χ2v) is 3.49. The van der Waals surface area contributed by atoms with Gasteiger partial charge in [0.25, 0.3) is 0 Å². The SMILES string of the molecule is CC(C)OC(C#N)c1nccs1. The van der Waals surface area contributed by atoms with Gasteiger partial charge in [-0.3, -0.25) is 0 Å². The lowest BCUT2D eigenvalue weighted by atomic mass is 10.4. The topological polar surface area (TPSA) is 45.9 Å². The Morgan fingerprint density at radius 2 is 2.42 bits per heavy atom. The van der Waals surface area contributed by atoms with Crippen LogP contribution in [-0.4, -0.2) is 11.1 Å². The molecule has 0 N–H and O–H groups in total. The van der Waals surface area contributed by atoms with E-state index in [0.29, 0.717) is 0 Å². The fourth-order valence-corrected chi connectivity index (χ4v) is 1.39. The standard InChI is InChI=1S/C8H10N2OS/c1-6(2)11-7(5-9)8-10-3-4-12-8/h3-4,6-7H,1-2H3. The summed E-state index contributed by atoms with van der Waals surface area (Å²) in [7, 11) is 0. The summed E-state index contributed by atoms with van der Waals surface area (Å²) in [5.74, 6) is 0. The van der Waals surface area contributed by atoms with Crippen molar-refractivity contribution >= 4 is 11.3 Å². The molecule has 1 aromatic heterocycles. The van der Waals surface area contributed by atoms with Crippen LogP contribution >= 0.6 is 11.3 Å². The first kappa shape index (κ1) is 9.17. The van der Waals surface area contributed by atoms with Crippen LogP contribution in [0.1, 0.15) is 25.0 Å². The maximum atomic E-state index is 8.74. The third-order valence-corrected chi connectivity index (χ3v) is 2.02. The van der Waals surface area contributed by atoms with Crippen LogP contribution in [0.5, 0.6) is 0 Å². The third-order valence-electron chi connectivity index (χ3n) is 1.20. The quantitative estimate of drug-likeness (QED) is 0.719. The number of nitriles is 1. The molecule has 0 saturated carbocycles.